The summed E-state index contributed by atoms with van der Waals surface area (Å²) in [7, 11) is -4.54. The van der Waals surface area contributed by atoms with Crippen LogP contribution in [-0.4, -0.2) is 46.7 Å². The summed E-state index contributed by atoms with van der Waals surface area (Å²) < 4.78 is 8.15. The van der Waals surface area contributed by atoms with Crippen LogP contribution >= 0.6 is 0 Å². The molecule has 94 valence electrons. The van der Waals surface area contributed by atoms with Gasteiger partial charge in [-0.05, 0) is 18.2 Å². The van der Waals surface area contributed by atoms with Crippen molar-refractivity contribution in [2.45, 2.75) is 0 Å². The standard InChI is InChI=1S/C8H8B2O8/c11-7(17-9(13)14)5-2-1-3-6(4-5)8(12)18-10(15)16/h1-4,13-16H. The zero-order valence-corrected chi connectivity index (χ0v) is 8.89. The van der Waals surface area contributed by atoms with Crippen molar-refractivity contribution in [3.63, 3.8) is 0 Å². The Morgan fingerprint density at radius 1 is 0.889 bits per heavy atom. The summed E-state index contributed by atoms with van der Waals surface area (Å²) in [6, 6.07) is 4.86. The molecule has 0 saturated carbocycles. The van der Waals surface area contributed by atoms with Crippen molar-refractivity contribution in [1.82, 2.24) is 0 Å². The quantitative estimate of drug-likeness (QED) is 0.450. The molecule has 1 aromatic carbocycles. The van der Waals surface area contributed by atoms with Crippen LogP contribution in [0.5, 0.6) is 0 Å². The molecule has 0 aliphatic carbocycles. The number of rotatable bonds is 4. The topological polar surface area (TPSA) is 134 Å². The van der Waals surface area contributed by atoms with E-state index in [1.54, 1.807) is 0 Å². The van der Waals surface area contributed by atoms with Crippen molar-refractivity contribution in [2.75, 3.05) is 0 Å². The van der Waals surface area contributed by atoms with Crippen molar-refractivity contribution in [1.29, 1.82) is 0 Å². The highest BCUT2D eigenvalue weighted by molar-refractivity contribution is 6.37. The molecule has 0 amide bonds. The Labute approximate surface area is 102 Å². The van der Waals surface area contributed by atoms with Crippen molar-refractivity contribution in [3.8, 4) is 0 Å². The molecule has 4 N–H and O–H groups in total. The lowest BCUT2D eigenvalue weighted by Crippen LogP contribution is -2.23. The molecule has 0 fully saturated rings. The van der Waals surface area contributed by atoms with Crippen LogP contribution in [0.4, 0.5) is 0 Å². The maximum absolute atomic E-state index is 11.3. The molecule has 8 nitrogen and oxygen atoms in total. The Morgan fingerprint density at radius 3 is 1.61 bits per heavy atom. The van der Waals surface area contributed by atoms with E-state index in [0.29, 0.717) is 0 Å². The van der Waals surface area contributed by atoms with Crippen LogP contribution in [0.3, 0.4) is 0 Å². The summed E-state index contributed by atoms with van der Waals surface area (Å²) >= 11 is 0. The van der Waals surface area contributed by atoms with Crippen molar-refractivity contribution in [3.05, 3.63) is 35.4 Å². The minimum atomic E-state index is -2.27. The van der Waals surface area contributed by atoms with Gasteiger partial charge >= 0.3 is 26.6 Å². The first-order chi connectivity index (χ1) is 8.40. The molecule has 10 heteroatoms. The average Bonchev–Trinajstić information content (AvgIpc) is 2.27. The van der Waals surface area contributed by atoms with Crippen LogP contribution in [0, 0.1) is 0 Å². The largest absolute Gasteiger partial charge is 0.709 e. The van der Waals surface area contributed by atoms with Gasteiger partial charge in [-0.3, -0.25) is 0 Å². The maximum Gasteiger partial charge on any atom is 0.709 e. The Bertz CT molecular complexity index is 409. The summed E-state index contributed by atoms with van der Waals surface area (Å²) in [6.07, 6.45) is 0. The third-order valence-corrected chi connectivity index (χ3v) is 1.76. The normalized spacial score (nSPS) is 9.56. The molecule has 1 aromatic rings. The van der Waals surface area contributed by atoms with Gasteiger partial charge in [0.15, 0.2) is 0 Å². The summed E-state index contributed by atoms with van der Waals surface area (Å²) in [5.74, 6) is -2.13. The summed E-state index contributed by atoms with van der Waals surface area (Å²) in [4.78, 5) is 22.5. The zero-order chi connectivity index (χ0) is 13.7. The van der Waals surface area contributed by atoms with Gasteiger partial charge in [0.2, 0.25) is 0 Å². The molecule has 0 aromatic heterocycles. The van der Waals surface area contributed by atoms with Crippen LogP contribution < -0.4 is 0 Å². The van der Waals surface area contributed by atoms with Crippen LogP contribution in [0.2, 0.25) is 0 Å². The minimum Gasteiger partial charge on any atom is -0.481 e. The molecule has 0 spiro atoms. The third kappa shape index (κ3) is 4.18. The second-order valence-electron chi connectivity index (χ2n) is 3.04. The van der Waals surface area contributed by atoms with Gasteiger partial charge in [0, 0.05) is 0 Å². The first kappa shape index (κ1) is 14.2. The highest BCUT2D eigenvalue weighted by Crippen LogP contribution is 2.08. The van der Waals surface area contributed by atoms with Gasteiger partial charge in [0.05, 0.1) is 11.1 Å². The smallest absolute Gasteiger partial charge is 0.481 e. The van der Waals surface area contributed by atoms with Crippen LogP contribution in [-0.2, 0) is 9.31 Å². The molecule has 0 unspecified atom stereocenters. The Morgan fingerprint density at radius 2 is 1.28 bits per heavy atom. The van der Waals surface area contributed by atoms with E-state index in [1.807, 2.05) is 0 Å². The fourth-order valence-electron chi connectivity index (χ4n) is 1.10. The Balaban J connectivity index is 2.85. The van der Waals surface area contributed by atoms with E-state index in [2.05, 4.69) is 9.31 Å². The first-order valence-electron chi connectivity index (χ1n) is 4.64. The molecule has 0 aliphatic rings. The number of benzene rings is 1. The van der Waals surface area contributed by atoms with Gasteiger partial charge in [-0.25, -0.2) is 9.59 Å². The molecule has 18 heavy (non-hydrogen) atoms. The number of hydrogen-bond acceptors (Lipinski definition) is 8. The Hall–Kier alpha value is -1.87. The second kappa shape index (κ2) is 6.17. The van der Waals surface area contributed by atoms with Gasteiger partial charge in [-0.1, -0.05) is 6.07 Å². The monoisotopic (exact) mass is 254 g/mol. The van der Waals surface area contributed by atoms with Gasteiger partial charge in [0.25, 0.3) is 0 Å². The first-order valence-corrected chi connectivity index (χ1v) is 4.64. The lowest BCUT2D eigenvalue weighted by atomic mass is 10.1. The van der Waals surface area contributed by atoms with Crippen LogP contribution in [0.1, 0.15) is 20.7 Å². The molecule has 0 atom stereocenters. The van der Waals surface area contributed by atoms with Gasteiger partial charge in [-0.15, -0.1) is 0 Å². The van der Waals surface area contributed by atoms with Crippen molar-refractivity contribution in [2.24, 2.45) is 0 Å². The van der Waals surface area contributed by atoms with E-state index >= 15 is 0 Å². The highest BCUT2D eigenvalue weighted by Gasteiger charge is 2.21. The summed E-state index contributed by atoms with van der Waals surface area (Å²) in [5, 5.41) is 33.7. The molecule has 0 radical (unpaired) electrons. The molecule has 0 heterocycles. The van der Waals surface area contributed by atoms with E-state index in [1.165, 1.54) is 18.2 Å². The van der Waals surface area contributed by atoms with E-state index in [0.717, 1.165) is 6.07 Å². The van der Waals surface area contributed by atoms with E-state index in [9.17, 15) is 9.59 Å². The molecule has 0 aliphatic heterocycles. The SMILES string of the molecule is O=C(OB(O)O)c1cccc(C(=O)OB(O)O)c1. The predicted octanol–water partition coefficient (Wildman–Crippen LogP) is -2.06. The van der Waals surface area contributed by atoms with Gasteiger partial charge in [0.1, 0.15) is 0 Å². The number of carbonyl (C=O) groups excluding carboxylic acids is 2. The third-order valence-electron chi connectivity index (χ3n) is 1.76. The van der Waals surface area contributed by atoms with E-state index in [-0.39, 0.29) is 11.1 Å². The molecular weight excluding hydrogens is 246 g/mol. The fourth-order valence-corrected chi connectivity index (χ4v) is 1.10. The van der Waals surface area contributed by atoms with Gasteiger partial charge in [-0.2, -0.15) is 0 Å². The van der Waals surface area contributed by atoms with Crippen molar-refractivity contribution < 1.29 is 39.0 Å². The lowest BCUT2D eigenvalue weighted by molar-refractivity contribution is 0.0644. The molecule has 0 saturated heterocycles. The van der Waals surface area contributed by atoms with Crippen LogP contribution in [0.25, 0.3) is 0 Å². The minimum absolute atomic E-state index is 0.134. The zero-order valence-electron chi connectivity index (χ0n) is 8.89. The predicted molar refractivity (Wildman–Crippen MR) is 57.7 cm³/mol. The Kier molecular flexibility index (Phi) is 4.86. The molecule has 0 bridgehead atoms. The van der Waals surface area contributed by atoms with Gasteiger partial charge < -0.3 is 29.4 Å². The molecule has 1 rings (SSSR count). The molecular formula is C8H8B2O8. The van der Waals surface area contributed by atoms with Crippen LogP contribution in [0.15, 0.2) is 24.3 Å². The maximum atomic E-state index is 11.3. The highest BCUT2D eigenvalue weighted by atomic mass is 16.7. The fraction of sp³-hybridized carbons (Fsp3) is 0. The lowest BCUT2D eigenvalue weighted by Gasteiger charge is -2.06. The summed E-state index contributed by atoms with van der Waals surface area (Å²) in [6.45, 7) is 0. The average molecular weight is 254 g/mol. The van der Waals surface area contributed by atoms with Crippen molar-refractivity contribution >= 4 is 26.6 Å². The van der Waals surface area contributed by atoms with E-state index < -0.39 is 26.6 Å². The summed E-state index contributed by atoms with van der Waals surface area (Å²) in [5.41, 5.74) is -0.269. The second-order valence-corrected chi connectivity index (χ2v) is 3.04. The van der Waals surface area contributed by atoms with E-state index in [4.69, 9.17) is 20.1 Å². The number of hydrogen-bond donors (Lipinski definition) is 4. The number of carbonyl (C=O) groups is 2.